The van der Waals surface area contributed by atoms with Crippen LogP contribution in [0.25, 0.3) is 6.08 Å². The molecular formula is C25H17ClO7. The van der Waals surface area contributed by atoms with E-state index in [1.807, 2.05) is 0 Å². The first-order valence-corrected chi connectivity index (χ1v) is 10.4. The number of halogens is 1. The van der Waals surface area contributed by atoms with Crippen molar-refractivity contribution in [1.82, 2.24) is 0 Å². The number of Topliss-reactive ketones (excluding diaryl/α,β-unsaturated/α-hetero) is 1. The summed E-state index contributed by atoms with van der Waals surface area (Å²) in [7, 11) is 1.45. The van der Waals surface area contributed by atoms with Gasteiger partial charge in [0.1, 0.15) is 17.2 Å². The smallest absolute Gasteiger partial charge is 0.312 e. The van der Waals surface area contributed by atoms with Crippen LogP contribution in [0.2, 0.25) is 5.02 Å². The number of methoxy groups -OCH3 is 1. The molecule has 0 amide bonds. The molecule has 166 valence electrons. The van der Waals surface area contributed by atoms with Crippen molar-refractivity contribution in [1.29, 1.82) is 0 Å². The van der Waals surface area contributed by atoms with Crippen LogP contribution in [-0.2, 0) is 4.79 Å². The number of carbonyl (C=O) groups is 2. The highest BCUT2D eigenvalue weighted by molar-refractivity contribution is 6.32. The Morgan fingerprint density at radius 1 is 1.03 bits per heavy atom. The Bertz CT molecular complexity index is 1360. The van der Waals surface area contributed by atoms with Gasteiger partial charge in [0, 0.05) is 11.5 Å². The van der Waals surface area contributed by atoms with Crippen LogP contribution < -0.4 is 14.2 Å². The van der Waals surface area contributed by atoms with Crippen LogP contribution in [0.3, 0.4) is 0 Å². The summed E-state index contributed by atoms with van der Waals surface area (Å²) in [6.45, 7) is 0. The highest BCUT2D eigenvalue weighted by Crippen LogP contribution is 2.49. The molecule has 0 aliphatic carbocycles. The van der Waals surface area contributed by atoms with Crippen molar-refractivity contribution >= 4 is 29.4 Å². The molecule has 2 aliphatic rings. The lowest BCUT2D eigenvalue weighted by Crippen LogP contribution is -2.21. The maximum absolute atomic E-state index is 13.1. The Hall–Kier alpha value is -3.97. The van der Waals surface area contributed by atoms with Crippen molar-refractivity contribution in [3.05, 3.63) is 81.6 Å². The molecule has 0 fully saturated rings. The summed E-state index contributed by atoms with van der Waals surface area (Å²) in [5.41, 5.74) is 2.12. The monoisotopic (exact) mass is 464 g/mol. The van der Waals surface area contributed by atoms with Gasteiger partial charge < -0.3 is 24.4 Å². The van der Waals surface area contributed by atoms with E-state index in [1.54, 1.807) is 36.4 Å². The number of aromatic hydroxyl groups is 2. The lowest BCUT2D eigenvalue weighted by molar-refractivity contribution is -0.135. The number of phenols is 2. The van der Waals surface area contributed by atoms with Gasteiger partial charge in [-0.25, -0.2) is 0 Å². The van der Waals surface area contributed by atoms with E-state index in [0.717, 1.165) is 0 Å². The number of ketones is 1. The molecule has 2 N–H and O–H groups in total. The Labute approximate surface area is 193 Å². The van der Waals surface area contributed by atoms with Gasteiger partial charge in [-0.15, -0.1) is 0 Å². The van der Waals surface area contributed by atoms with E-state index in [-0.39, 0.29) is 34.5 Å². The average Bonchev–Trinajstić information content (AvgIpc) is 3.10. The molecule has 2 heterocycles. The van der Waals surface area contributed by atoms with Gasteiger partial charge in [0.2, 0.25) is 5.78 Å². The van der Waals surface area contributed by atoms with Crippen LogP contribution in [0.5, 0.6) is 28.7 Å². The molecule has 0 saturated carbocycles. The van der Waals surface area contributed by atoms with Gasteiger partial charge in [-0.1, -0.05) is 23.7 Å². The van der Waals surface area contributed by atoms with Crippen molar-refractivity contribution in [2.45, 2.75) is 12.3 Å². The SMILES string of the molecule is COc1ccc(C=C2Oc3c(ccc4c3C(c3ccc(O)c(Cl)c3)CC(=O)O4)C2=O)cc1O. The van der Waals surface area contributed by atoms with Gasteiger partial charge >= 0.3 is 5.97 Å². The lowest BCUT2D eigenvalue weighted by Gasteiger charge is -2.26. The number of rotatable bonds is 3. The first kappa shape index (κ1) is 20.9. The Morgan fingerprint density at radius 2 is 1.85 bits per heavy atom. The van der Waals surface area contributed by atoms with E-state index < -0.39 is 11.9 Å². The lowest BCUT2D eigenvalue weighted by atomic mass is 9.84. The van der Waals surface area contributed by atoms with Crippen molar-refractivity contribution in [2.24, 2.45) is 0 Å². The third-order valence-corrected chi connectivity index (χ3v) is 5.96. The van der Waals surface area contributed by atoms with E-state index in [1.165, 1.54) is 25.3 Å². The fraction of sp³-hybridized carbons (Fsp3) is 0.120. The standard InChI is InChI=1S/C25H17ClO7/c1-31-19-6-2-12(8-18(19)28)9-21-24(30)14-4-7-20-23(25(14)33-21)15(11-22(29)32-20)13-3-5-17(27)16(26)10-13/h2-10,15,27-28H,11H2,1H3. The van der Waals surface area contributed by atoms with Crippen LogP contribution >= 0.6 is 11.6 Å². The molecule has 8 heteroatoms. The second-order valence-corrected chi connectivity index (χ2v) is 8.07. The van der Waals surface area contributed by atoms with E-state index in [9.17, 15) is 19.8 Å². The Kier molecular flexibility index (Phi) is 4.98. The predicted molar refractivity (Wildman–Crippen MR) is 119 cm³/mol. The highest BCUT2D eigenvalue weighted by Gasteiger charge is 2.38. The van der Waals surface area contributed by atoms with Crippen LogP contribution in [0, 0.1) is 0 Å². The number of allylic oxidation sites excluding steroid dienone is 1. The quantitative estimate of drug-likeness (QED) is 0.325. The fourth-order valence-corrected chi connectivity index (χ4v) is 4.27. The molecule has 2 aliphatic heterocycles. The molecule has 0 bridgehead atoms. The third kappa shape index (κ3) is 3.56. The second-order valence-electron chi connectivity index (χ2n) is 7.67. The summed E-state index contributed by atoms with van der Waals surface area (Å²) < 4.78 is 16.4. The van der Waals surface area contributed by atoms with Crippen LogP contribution in [0.1, 0.15) is 39.4 Å². The van der Waals surface area contributed by atoms with Gasteiger partial charge in [0.15, 0.2) is 17.3 Å². The molecule has 1 unspecified atom stereocenters. The summed E-state index contributed by atoms with van der Waals surface area (Å²) in [5.74, 6) is -0.384. The van der Waals surface area contributed by atoms with Crippen molar-refractivity contribution < 1.29 is 34.0 Å². The minimum absolute atomic E-state index is 0.0213. The van der Waals surface area contributed by atoms with Gasteiger partial charge in [-0.2, -0.15) is 0 Å². The number of phenolic OH excluding ortho intramolecular Hbond substituents is 2. The van der Waals surface area contributed by atoms with Gasteiger partial charge in [0.05, 0.1) is 24.1 Å². The van der Waals surface area contributed by atoms with Crippen LogP contribution in [0.4, 0.5) is 0 Å². The minimum atomic E-state index is -0.480. The number of hydrogen-bond acceptors (Lipinski definition) is 7. The number of ether oxygens (including phenoxy) is 3. The molecule has 33 heavy (non-hydrogen) atoms. The average molecular weight is 465 g/mol. The Morgan fingerprint density at radius 3 is 2.58 bits per heavy atom. The molecule has 0 radical (unpaired) electrons. The molecule has 5 rings (SSSR count). The van der Waals surface area contributed by atoms with Gasteiger partial charge in [-0.3, -0.25) is 9.59 Å². The molecule has 0 spiro atoms. The molecule has 3 aromatic carbocycles. The summed E-state index contributed by atoms with van der Waals surface area (Å²) in [5, 5.41) is 20.0. The molecule has 0 aromatic heterocycles. The number of hydrogen-bond donors (Lipinski definition) is 2. The zero-order valence-electron chi connectivity index (χ0n) is 17.3. The zero-order chi connectivity index (χ0) is 23.3. The maximum atomic E-state index is 13.1. The predicted octanol–water partition coefficient (Wildman–Crippen LogP) is 4.82. The number of benzene rings is 3. The summed E-state index contributed by atoms with van der Waals surface area (Å²) >= 11 is 6.09. The van der Waals surface area contributed by atoms with Crippen LogP contribution in [0.15, 0.2) is 54.3 Å². The largest absolute Gasteiger partial charge is 0.506 e. The highest BCUT2D eigenvalue weighted by atomic mass is 35.5. The number of carbonyl (C=O) groups excluding carboxylic acids is 2. The summed E-state index contributed by atoms with van der Waals surface area (Å²) in [4.78, 5) is 25.3. The minimum Gasteiger partial charge on any atom is -0.506 e. The Balaban J connectivity index is 1.59. The number of esters is 1. The summed E-state index contributed by atoms with van der Waals surface area (Å²) in [6, 6.07) is 12.6. The molecule has 1 atom stereocenters. The molecule has 3 aromatic rings. The van der Waals surface area contributed by atoms with Gasteiger partial charge in [-0.05, 0) is 53.6 Å². The topological polar surface area (TPSA) is 102 Å². The number of fused-ring (bicyclic) bond motifs is 3. The van der Waals surface area contributed by atoms with Crippen molar-refractivity contribution in [3.8, 4) is 28.7 Å². The normalized spacial score (nSPS) is 17.9. The van der Waals surface area contributed by atoms with E-state index in [4.69, 9.17) is 25.8 Å². The zero-order valence-corrected chi connectivity index (χ0v) is 18.1. The van der Waals surface area contributed by atoms with Crippen LogP contribution in [-0.4, -0.2) is 29.1 Å². The van der Waals surface area contributed by atoms with Gasteiger partial charge in [0.25, 0.3) is 0 Å². The van der Waals surface area contributed by atoms with Crippen molar-refractivity contribution in [3.63, 3.8) is 0 Å². The second kappa shape index (κ2) is 7.86. The molecule has 0 saturated heterocycles. The molecular weight excluding hydrogens is 448 g/mol. The van der Waals surface area contributed by atoms with Crippen molar-refractivity contribution in [2.75, 3.05) is 7.11 Å². The molecule has 7 nitrogen and oxygen atoms in total. The third-order valence-electron chi connectivity index (χ3n) is 5.65. The van der Waals surface area contributed by atoms with E-state index >= 15 is 0 Å². The fourth-order valence-electron chi connectivity index (χ4n) is 4.08. The maximum Gasteiger partial charge on any atom is 0.312 e. The first-order valence-electron chi connectivity index (χ1n) is 10.0. The van der Waals surface area contributed by atoms with E-state index in [2.05, 4.69) is 0 Å². The summed E-state index contributed by atoms with van der Waals surface area (Å²) in [6.07, 6.45) is 1.54. The van der Waals surface area contributed by atoms with E-state index in [0.29, 0.717) is 39.5 Å². The first-order chi connectivity index (χ1) is 15.9.